The highest BCUT2D eigenvalue weighted by Gasteiger charge is 2.27. The predicted molar refractivity (Wildman–Crippen MR) is 106 cm³/mol. The molecule has 8 heteroatoms. The van der Waals surface area contributed by atoms with E-state index in [9.17, 15) is 9.59 Å². The van der Waals surface area contributed by atoms with Crippen molar-refractivity contribution in [2.45, 2.75) is 26.2 Å². The van der Waals surface area contributed by atoms with Crippen molar-refractivity contribution < 1.29 is 9.32 Å². The molecule has 1 aliphatic heterocycles. The summed E-state index contributed by atoms with van der Waals surface area (Å²) in [5.41, 5.74) is 2.11. The quantitative estimate of drug-likeness (QED) is 0.675. The number of carbonyl (C=O) groups is 1. The topological polar surface area (TPSA) is 94.1 Å². The molecule has 3 aromatic rings. The van der Waals surface area contributed by atoms with Gasteiger partial charge < -0.3 is 9.42 Å². The third-order valence-electron chi connectivity index (χ3n) is 5.30. The van der Waals surface area contributed by atoms with Crippen LogP contribution in [-0.4, -0.2) is 43.8 Å². The van der Waals surface area contributed by atoms with E-state index in [-0.39, 0.29) is 23.1 Å². The van der Waals surface area contributed by atoms with Crippen molar-refractivity contribution >= 4 is 5.91 Å². The monoisotopic (exact) mass is 393 g/mol. The van der Waals surface area contributed by atoms with Crippen molar-refractivity contribution in [2.75, 3.05) is 13.1 Å². The molecule has 1 atom stereocenters. The summed E-state index contributed by atoms with van der Waals surface area (Å²) in [5.74, 6) is 1.26. The number of hydrogen-bond acceptors (Lipinski definition) is 6. The Morgan fingerprint density at radius 3 is 2.86 bits per heavy atom. The van der Waals surface area contributed by atoms with Crippen molar-refractivity contribution in [3.8, 4) is 11.4 Å². The van der Waals surface area contributed by atoms with Crippen molar-refractivity contribution in [3.05, 3.63) is 63.9 Å². The van der Waals surface area contributed by atoms with E-state index in [4.69, 9.17) is 4.52 Å². The van der Waals surface area contributed by atoms with Crippen LogP contribution in [0.2, 0.25) is 0 Å². The molecule has 0 bridgehead atoms. The molecule has 0 radical (unpaired) electrons. The van der Waals surface area contributed by atoms with Gasteiger partial charge in [0.2, 0.25) is 11.7 Å². The fourth-order valence-electron chi connectivity index (χ4n) is 3.71. The number of aromatic nitrogens is 4. The number of piperidine rings is 1. The number of carbonyl (C=O) groups excluding carboxylic acids is 1. The lowest BCUT2D eigenvalue weighted by molar-refractivity contribution is 0.0659. The average molecular weight is 393 g/mol. The SMILES string of the molecule is Cc1ccccc1-c1noc(CC2CCCN(C(=O)c3ccc(=O)n(C)n3)C2)n1. The van der Waals surface area contributed by atoms with Crippen molar-refractivity contribution in [1.29, 1.82) is 0 Å². The molecular formula is C21H23N5O3. The summed E-state index contributed by atoms with van der Waals surface area (Å²) in [6.45, 7) is 3.30. The van der Waals surface area contributed by atoms with Crippen LogP contribution in [0.15, 0.2) is 45.7 Å². The summed E-state index contributed by atoms with van der Waals surface area (Å²) in [6.07, 6.45) is 2.52. The summed E-state index contributed by atoms with van der Waals surface area (Å²) in [6, 6.07) is 10.8. The highest BCUT2D eigenvalue weighted by Crippen LogP contribution is 2.24. The number of aryl methyl sites for hydroxylation is 2. The Hall–Kier alpha value is -3.29. The summed E-state index contributed by atoms with van der Waals surface area (Å²) in [5, 5.41) is 8.20. The Kier molecular flexibility index (Phi) is 5.24. The maximum absolute atomic E-state index is 12.8. The van der Waals surface area contributed by atoms with Gasteiger partial charge in [-0.2, -0.15) is 10.1 Å². The van der Waals surface area contributed by atoms with Gasteiger partial charge in [-0.05, 0) is 37.3 Å². The summed E-state index contributed by atoms with van der Waals surface area (Å²) in [4.78, 5) is 30.6. The first-order chi connectivity index (χ1) is 14.0. The molecule has 8 nitrogen and oxygen atoms in total. The van der Waals surface area contributed by atoms with E-state index in [0.717, 1.165) is 24.0 Å². The van der Waals surface area contributed by atoms with E-state index in [1.807, 2.05) is 31.2 Å². The van der Waals surface area contributed by atoms with Crippen LogP contribution < -0.4 is 5.56 Å². The van der Waals surface area contributed by atoms with Crippen LogP contribution in [0.4, 0.5) is 0 Å². The fourth-order valence-corrected chi connectivity index (χ4v) is 3.71. The lowest BCUT2D eigenvalue weighted by Crippen LogP contribution is -2.41. The van der Waals surface area contributed by atoms with E-state index >= 15 is 0 Å². The van der Waals surface area contributed by atoms with Crippen LogP contribution >= 0.6 is 0 Å². The smallest absolute Gasteiger partial charge is 0.274 e. The van der Waals surface area contributed by atoms with Crippen molar-refractivity contribution in [2.24, 2.45) is 13.0 Å². The molecule has 29 heavy (non-hydrogen) atoms. The van der Waals surface area contributed by atoms with Gasteiger partial charge in [-0.1, -0.05) is 29.4 Å². The molecule has 150 valence electrons. The van der Waals surface area contributed by atoms with Crippen molar-refractivity contribution in [3.63, 3.8) is 0 Å². The molecule has 2 aromatic heterocycles. The zero-order valence-corrected chi connectivity index (χ0v) is 16.5. The van der Waals surface area contributed by atoms with Crippen LogP contribution in [0, 0.1) is 12.8 Å². The lowest BCUT2D eigenvalue weighted by Gasteiger charge is -2.32. The van der Waals surface area contributed by atoms with Gasteiger partial charge in [-0.3, -0.25) is 9.59 Å². The predicted octanol–water partition coefficient (Wildman–Crippen LogP) is 2.23. The van der Waals surface area contributed by atoms with Gasteiger partial charge in [0.15, 0.2) is 0 Å². The maximum atomic E-state index is 12.8. The maximum Gasteiger partial charge on any atom is 0.274 e. The van der Waals surface area contributed by atoms with Crippen molar-refractivity contribution in [1.82, 2.24) is 24.8 Å². The molecule has 1 amide bonds. The highest BCUT2D eigenvalue weighted by molar-refractivity contribution is 5.92. The Morgan fingerprint density at radius 1 is 1.24 bits per heavy atom. The molecule has 0 saturated carbocycles. The second-order valence-electron chi connectivity index (χ2n) is 7.47. The first kappa shape index (κ1) is 19.0. The Morgan fingerprint density at radius 2 is 2.07 bits per heavy atom. The molecule has 1 saturated heterocycles. The molecule has 1 aliphatic rings. The summed E-state index contributed by atoms with van der Waals surface area (Å²) < 4.78 is 6.65. The molecule has 3 heterocycles. The molecule has 4 rings (SSSR count). The molecule has 0 aliphatic carbocycles. The number of amides is 1. The zero-order chi connectivity index (χ0) is 20.4. The zero-order valence-electron chi connectivity index (χ0n) is 16.5. The average Bonchev–Trinajstić information content (AvgIpc) is 3.18. The van der Waals surface area contributed by atoms with Gasteiger partial charge >= 0.3 is 0 Å². The summed E-state index contributed by atoms with van der Waals surface area (Å²) >= 11 is 0. The van der Waals surface area contributed by atoms with Gasteiger partial charge in [0, 0.05) is 38.2 Å². The Balaban J connectivity index is 1.44. The Bertz CT molecular complexity index is 1090. The second-order valence-corrected chi connectivity index (χ2v) is 7.47. The number of nitrogens with zero attached hydrogens (tertiary/aromatic N) is 5. The van der Waals surface area contributed by atoms with Crippen LogP contribution in [0.3, 0.4) is 0 Å². The van der Waals surface area contributed by atoms with Gasteiger partial charge in [-0.25, -0.2) is 4.68 Å². The molecule has 0 spiro atoms. The highest BCUT2D eigenvalue weighted by atomic mass is 16.5. The van der Waals surface area contributed by atoms with Gasteiger partial charge in [0.1, 0.15) is 5.69 Å². The number of rotatable bonds is 4. The van der Waals surface area contributed by atoms with E-state index in [1.165, 1.54) is 16.8 Å². The molecule has 0 N–H and O–H groups in total. The number of benzene rings is 1. The third-order valence-corrected chi connectivity index (χ3v) is 5.30. The normalized spacial score (nSPS) is 16.8. The largest absolute Gasteiger partial charge is 0.339 e. The molecule has 1 fully saturated rings. The van der Waals surface area contributed by atoms with Crippen LogP contribution in [0.25, 0.3) is 11.4 Å². The Labute approximate surface area is 168 Å². The minimum atomic E-state index is -0.237. The first-order valence-electron chi connectivity index (χ1n) is 9.73. The first-order valence-corrected chi connectivity index (χ1v) is 9.73. The minimum absolute atomic E-state index is 0.156. The molecule has 1 aromatic carbocycles. The molecule has 1 unspecified atom stereocenters. The van der Waals surface area contributed by atoms with E-state index in [1.54, 1.807) is 11.9 Å². The van der Waals surface area contributed by atoms with E-state index < -0.39 is 0 Å². The summed E-state index contributed by atoms with van der Waals surface area (Å²) in [7, 11) is 1.54. The fraction of sp³-hybridized carbons (Fsp3) is 0.381. The van der Waals surface area contributed by atoms with Gasteiger partial charge in [-0.15, -0.1) is 0 Å². The van der Waals surface area contributed by atoms with Gasteiger partial charge in [0.05, 0.1) is 0 Å². The number of likely N-dealkylation sites (tertiary alicyclic amines) is 1. The standard InChI is InChI=1S/C21H23N5O3/c1-14-6-3-4-8-16(14)20-22-18(29-24-20)12-15-7-5-11-26(13-15)21(28)17-9-10-19(27)25(2)23-17/h3-4,6,8-10,15H,5,7,11-13H2,1-2H3. The third kappa shape index (κ3) is 4.11. The van der Waals surface area contributed by atoms with Gasteiger partial charge in [0.25, 0.3) is 11.5 Å². The lowest BCUT2D eigenvalue weighted by atomic mass is 9.94. The van der Waals surface area contributed by atoms with Crippen LogP contribution in [0.1, 0.15) is 34.8 Å². The second kappa shape index (κ2) is 7.98. The van der Waals surface area contributed by atoms with Crippen LogP contribution in [0.5, 0.6) is 0 Å². The van der Waals surface area contributed by atoms with E-state index in [2.05, 4.69) is 15.2 Å². The van der Waals surface area contributed by atoms with E-state index in [0.29, 0.717) is 31.2 Å². The molecular weight excluding hydrogens is 370 g/mol. The minimum Gasteiger partial charge on any atom is -0.339 e. The van der Waals surface area contributed by atoms with Crippen LogP contribution in [-0.2, 0) is 13.5 Å². The number of hydrogen-bond donors (Lipinski definition) is 0.